The molecular weight excluding hydrogens is 497 g/mol. The molecule has 3 aromatic rings. The summed E-state index contributed by atoms with van der Waals surface area (Å²) in [6.45, 7) is 5.79. The predicted molar refractivity (Wildman–Crippen MR) is 140 cm³/mol. The highest BCUT2D eigenvalue weighted by molar-refractivity contribution is 6.04. The molecule has 38 heavy (non-hydrogen) atoms. The first-order chi connectivity index (χ1) is 18.2. The standard InChI is InChI=1S/C28H31F3N4O3/c1-20-6-2-3-9-25(20)38-19-24(36)18-34-12-5-13-35(15-14-34)26-11-10-23(17-32-26)33-27(37)21-7-4-8-22(16-21)28(29,30)31/h2-4,6-11,16-17,24,36H,5,12-15,18-19H2,1H3,(H,33,37). The minimum Gasteiger partial charge on any atom is -0.491 e. The molecule has 1 amide bonds. The van der Waals surface area contributed by atoms with Crippen LogP contribution < -0.4 is 15.0 Å². The van der Waals surface area contributed by atoms with Gasteiger partial charge in [0.25, 0.3) is 5.91 Å². The van der Waals surface area contributed by atoms with Gasteiger partial charge in [-0.1, -0.05) is 24.3 Å². The molecule has 0 bridgehead atoms. The van der Waals surface area contributed by atoms with E-state index in [1.807, 2.05) is 31.2 Å². The third kappa shape index (κ3) is 7.45. The van der Waals surface area contributed by atoms with E-state index >= 15 is 0 Å². The molecule has 1 aromatic heterocycles. The SMILES string of the molecule is Cc1ccccc1OCC(O)CN1CCCN(c2ccc(NC(=O)c3cccc(C(F)(F)F)c3)cn2)CC1. The van der Waals surface area contributed by atoms with Crippen LogP contribution in [0.3, 0.4) is 0 Å². The lowest BCUT2D eigenvalue weighted by molar-refractivity contribution is -0.137. The van der Waals surface area contributed by atoms with Crippen LogP contribution in [0.4, 0.5) is 24.7 Å². The summed E-state index contributed by atoms with van der Waals surface area (Å²) in [7, 11) is 0. The molecule has 1 unspecified atom stereocenters. The van der Waals surface area contributed by atoms with Crippen molar-refractivity contribution in [3.05, 3.63) is 83.6 Å². The third-order valence-electron chi connectivity index (χ3n) is 6.36. The molecule has 2 N–H and O–H groups in total. The molecule has 2 aromatic carbocycles. The monoisotopic (exact) mass is 528 g/mol. The number of benzene rings is 2. The van der Waals surface area contributed by atoms with Gasteiger partial charge in [0.1, 0.15) is 24.3 Å². The number of hydrogen-bond donors (Lipinski definition) is 2. The van der Waals surface area contributed by atoms with Crippen LogP contribution in [0.15, 0.2) is 66.9 Å². The number of aryl methyl sites for hydroxylation is 1. The number of para-hydroxylation sites is 1. The number of aliphatic hydroxyl groups is 1. The van der Waals surface area contributed by atoms with Gasteiger partial charge in [-0.15, -0.1) is 0 Å². The fourth-order valence-corrected chi connectivity index (χ4v) is 4.32. The van der Waals surface area contributed by atoms with Crippen molar-refractivity contribution in [1.29, 1.82) is 0 Å². The molecule has 1 fully saturated rings. The Bertz CT molecular complexity index is 1220. The van der Waals surface area contributed by atoms with Crippen LogP contribution in [0, 0.1) is 6.92 Å². The highest BCUT2D eigenvalue weighted by Gasteiger charge is 2.31. The van der Waals surface area contributed by atoms with Crippen LogP contribution in [-0.2, 0) is 6.18 Å². The smallest absolute Gasteiger partial charge is 0.416 e. The molecular formula is C28H31F3N4O3. The molecule has 1 atom stereocenters. The predicted octanol–water partition coefficient (Wildman–Crippen LogP) is 4.61. The summed E-state index contributed by atoms with van der Waals surface area (Å²) in [4.78, 5) is 21.2. The Kier molecular flexibility index (Phi) is 8.85. The van der Waals surface area contributed by atoms with Gasteiger partial charge < -0.3 is 20.1 Å². The highest BCUT2D eigenvalue weighted by Crippen LogP contribution is 2.29. The van der Waals surface area contributed by atoms with E-state index in [-0.39, 0.29) is 12.2 Å². The second kappa shape index (κ2) is 12.3. The molecule has 0 radical (unpaired) electrons. The Balaban J connectivity index is 1.27. The van der Waals surface area contributed by atoms with Crippen LogP contribution in [0.2, 0.25) is 0 Å². The van der Waals surface area contributed by atoms with Gasteiger partial charge in [0.15, 0.2) is 0 Å². The first-order valence-electron chi connectivity index (χ1n) is 12.5. The molecule has 202 valence electrons. The van der Waals surface area contributed by atoms with E-state index in [1.54, 1.807) is 12.1 Å². The number of rotatable bonds is 8. The van der Waals surface area contributed by atoms with E-state index in [0.29, 0.717) is 18.8 Å². The second-order valence-corrected chi connectivity index (χ2v) is 9.31. The van der Waals surface area contributed by atoms with Crippen LogP contribution in [0.5, 0.6) is 5.75 Å². The fourth-order valence-electron chi connectivity index (χ4n) is 4.32. The zero-order valence-electron chi connectivity index (χ0n) is 21.1. The number of aromatic nitrogens is 1. The van der Waals surface area contributed by atoms with Crippen LogP contribution in [-0.4, -0.2) is 66.3 Å². The van der Waals surface area contributed by atoms with Crippen molar-refractivity contribution < 1.29 is 27.8 Å². The Labute approximate surface area is 219 Å². The first-order valence-corrected chi connectivity index (χ1v) is 12.5. The average molecular weight is 529 g/mol. The first kappa shape index (κ1) is 27.4. The number of nitrogens with one attached hydrogen (secondary N) is 1. The molecule has 7 nitrogen and oxygen atoms in total. The molecule has 1 saturated heterocycles. The molecule has 1 aliphatic rings. The van der Waals surface area contributed by atoms with Crippen molar-refractivity contribution in [3.63, 3.8) is 0 Å². The Morgan fingerprint density at radius 2 is 1.89 bits per heavy atom. The van der Waals surface area contributed by atoms with Gasteiger partial charge in [0.2, 0.25) is 0 Å². The number of ether oxygens (including phenoxy) is 1. The summed E-state index contributed by atoms with van der Waals surface area (Å²) in [5.74, 6) is 0.877. The summed E-state index contributed by atoms with van der Waals surface area (Å²) in [6, 6.07) is 15.5. The van der Waals surface area contributed by atoms with Crippen LogP contribution in [0.1, 0.15) is 27.9 Å². The van der Waals surface area contributed by atoms with Crippen LogP contribution in [0.25, 0.3) is 0 Å². The van der Waals surface area contributed by atoms with Gasteiger partial charge >= 0.3 is 6.18 Å². The van der Waals surface area contributed by atoms with E-state index in [0.717, 1.165) is 55.3 Å². The van der Waals surface area contributed by atoms with Gasteiger partial charge in [-0.05, 0) is 61.9 Å². The molecule has 4 rings (SSSR count). The Morgan fingerprint density at radius 1 is 1.08 bits per heavy atom. The van der Waals surface area contributed by atoms with Crippen molar-refractivity contribution in [2.24, 2.45) is 0 Å². The maximum Gasteiger partial charge on any atom is 0.416 e. The molecule has 10 heteroatoms. The van der Waals surface area contributed by atoms with Gasteiger partial charge in [-0.2, -0.15) is 13.2 Å². The van der Waals surface area contributed by atoms with Gasteiger partial charge in [0.05, 0.1) is 17.4 Å². The number of carbonyl (C=O) groups is 1. The van der Waals surface area contributed by atoms with E-state index in [4.69, 9.17) is 4.74 Å². The quantitative estimate of drug-likeness (QED) is 0.445. The summed E-state index contributed by atoms with van der Waals surface area (Å²) >= 11 is 0. The topological polar surface area (TPSA) is 77.9 Å². The number of amides is 1. The average Bonchev–Trinajstić information content (AvgIpc) is 3.14. The lowest BCUT2D eigenvalue weighted by atomic mass is 10.1. The second-order valence-electron chi connectivity index (χ2n) is 9.31. The number of pyridine rings is 1. The fraction of sp³-hybridized carbons (Fsp3) is 0.357. The minimum absolute atomic E-state index is 0.0806. The zero-order chi connectivity index (χ0) is 27.1. The Morgan fingerprint density at radius 3 is 2.63 bits per heavy atom. The minimum atomic E-state index is -4.52. The van der Waals surface area contributed by atoms with Gasteiger partial charge in [-0.3, -0.25) is 9.69 Å². The van der Waals surface area contributed by atoms with E-state index < -0.39 is 23.8 Å². The number of halogens is 3. The maximum atomic E-state index is 12.9. The summed E-state index contributed by atoms with van der Waals surface area (Å²) in [6.07, 6.45) is -2.74. The summed E-state index contributed by atoms with van der Waals surface area (Å²) < 4.78 is 44.6. The summed E-state index contributed by atoms with van der Waals surface area (Å²) in [5.41, 5.74) is 0.464. The zero-order valence-corrected chi connectivity index (χ0v) is 21.1. The lowest BCUT2D eigenvalue weighted by Gasteiger charge is -2.24. The molecule has 2 heterocycles. The van der Waals surface area contributed by atoms with Crippen molar-refractivity contribution >= 4 is 17.4 Å². The number of β-amino-alcohol motifs (C(OH)–C–C–N with tert-alkyl or cyclic N) is 1. The number of carbonyl (C=O) groups excluding carboxylic acids is 1. The van der Waals surface area contributed by atoms with E-state index in [1.165, 1.54) is 18.3 Å². The molecule has 0 saturated carbocycles. The molecule has 0 spiro atoms. The number of hydrogen-bond acceptors (Lipinski definition) is 6. The number of anilines is 2. The third-order valence-corrected chi connectivity index (χ3v) is 6.36. The number of aliphatic hydroxyl groups excluding tert-OH is 1. The normalized spacial score (nSPS) is 15.6. The highest BCUT2D eigenvalue weighted by atomic mass is 19.4. The maximum absolute atomic E-state index is 12.9. The van der Waals surface area contributed by atoms with Crippen molar-refractivity contribution in [2.75, 3.05) is 49.5 Å². The van der Waals surface area contributed by atoms with E-state index in [2.05, 4.69) is 20.1 Å². The van der Waals surface area contributed by atoms with Gasteiger partial charge in [0, 0.05) is 31.7 Å². The van der Waals surface area contributed by atoms with Crippen molar-refractivity contribution in [3.8, 4) is 5.75 Å². The van der Waals surface area contributed by atoms with Crippen molar-refractivity contribution in [1.82, 2.24) is 9.88 Å². The van der Waals surface area contributed by atoms with Gasteiger partial charge in [-0.25, -0.2) is 4.98 Å². The van der Waals surface area contributed by atoms with Crippen LogP contribution >= 0.6 is 0 Å². The molecule has 0 aliphatic carbocycles. The Hall–Kier alpha value is -3.63. The largest absolute Gasteiger partial charge is 0.491 e. The van der Waals surface area contributed by atoms with E-state index in [9.17, 15) is 23.1 Å². The lowest BCUT2D eigenvalue weighted by Crippen LogP contribution is -2.38. The summed E-state index contributed by atoms with van der Waals surface area (Å²) in [5, 5.41) is 13.1. The number of alkyl halides is 3. The molecule has 1 aliphatic heterocycles. The number of nitrogens with zero attached hydrogens (tertiary/aromatic N) is 3. The van der Waals surface area contributed by atoms with Crippen molar-refractivity contribution in [2.45, 2.75) is 25.6 Å².